The molecule has 1 amide bonds. The van der Waals surface area contributed by atoms with Crippen LogP contribution in [0.1, 0.15) is 45.6 Å². The average Bonchev–Trinajstić information content (AvgIpc) is 2.89. The Labute approximate surface area is 134 Å². The fraction of sp³-hybridized carbons (Fsp3) is 0.611. The monoisotopic (exact) mass is 303 g/mol. The Morgan fingerprint density at radius 3 is 2.59 bits per heavy atom. The van der Waals surface area contributed by atoms with Crippen molar-refractivity contribution in [1.29, 1.82) is 0 Å². The van der Waals surface area contributed by atoms with Crippen LogP contribution in [-0.2, 0) is 4.79 Å². The molecule has 3 N–H and O–H groups in total. The lowest BCUT2D eigenvalue weighted by molar-refractivity contribution is -0.127. The van der Waals surface area contributed by atoms with Crippen molar-refractivity contribution in [3.05, 3.63) is 35.9 Å². The van der Waals surface area contributed by atoms with Gasteiger partial charge in [0.2, 0.25) is 5.91 Å². The fourth-order valence-corrected chi connectivity index (χ4v) is 2.92. The van der Waals surface area contributed by atoms with Crippen molar-refractivity contribution >= 4 is 5.91 Å². The minimum atomic E-state index is -0.161. The maximum atomic E-state index is 12.5. The van der Waals surface area contributed by atoms with Crippen molar-refractivity contribution in [1.82, 2.24) is 10.2 Å². The Balaban J connectivity index is 2.01. The van der Waals surface area contributed by atoms with Gasteiger partial charge in [0.1, 0.15) is 0 Å². The molecule has 122 valence electrons. The standard InChI is InChI=1S/C18H29N3O/c1-5-18(3,4)20-17(22)13(2)21-11-15(16(19)12-21)14-9-7-6-8-10-14/h6-10,13,15-16H,5,11-12,19H2,1-4H3,(H,20,22)/t13?,15-,16+/m0/s1. The smallest absolute Gasteiger partial charge is 0.237 e. The minimum Gasteiger partial charge on any atom is -0.350 e. The average molecular weight is 303 g/mol. The van der Waals surface area contributed by atoms with Gasteiger partial charge in [0.25, 0.3) is 0 Å². The summed E-state index contributed by atoms with van der Waals surface area (Å²) >= 11 is 0. The van der Waals surface area contributed by atoms with E-state index in [1.807, 2.05) is 25.1 Å². The van der Waals surface area contributed by atoms with E-state index in [9.17, 15) is 4.79 Å². The highest BCUT2D eigenvalue weighted by Crippen LogP contribution is 2.27. The van der Waals surface area contributed by atoms with Crippen molar-refractivity contribution in [3.63, 3.8) is 0 Å². The third-order valence-electron chi connectivity index (χ3n) is 4.89. The first kappa shape index (κ1) is 17.0. The van der Waals surface area contributed by atoms with E-state index in [-0.39, 0.29) is 23.5 Å². The van der Waals surface area contributed by atoms with E-state index in [0.717, 1.165) is 19.5 Å². The van der Waals surface area contributed by atoms with E-state index >= 15 is 0 Å². The second kappa shape index (κ2) is 6.80. The van der Waals surface area contributed by atoms with Gasteiger partial charge in [0.05, 0.1) is 6.04 Å². The molecule has 0 aliphatic carbocycles. The van der Waals surface area contributed by atoms with Gasteiger partial charge in [-0.15, -0.1) is 0 Å². The number of benzene rings is 1. The summed E-state index contributed by atoms with van der Waals surface area (Å²) in [4.78, 5) is 14.7. The number of carbonyl (C=O) groups is 1. The molecule has 1 unspecified atom stereocenters. The molecule has 3 atom stereocenters. The Morgan fingerprint density at radius 1 is 1.36 bits per heavy atom. The van der Waals surface area contributed by atoms with E-state index in [4.69, 9.17) is 5.73 Å². The zero-order valence-electron chi connectivity index (χ0n) is 14.2. The quantitative estimate of drug-likeness (QED) is 0.876. The summed E-state index contributed by atoms with van der Waals surface area (Å²) in [7, 11) is 0. The lowest BCUT2D eigenvalue weighted by Gasteiger charge is -2.30. The third-order valence-corrected chi connectivity index (χ3v) is 4.89. The highest BCUT2D eigenvalue weighted by molar-refractivity contribution is 5.82. The third kappa shape index (κ3) is 3.87. The number of carbonyl (C=O) groups excluding carboxylic acids is 1. The van der Waals surface area contributed by atoms with Crippen LogP contribution >= 0.6 is 0 Å². The van der Waals surface area contributed by atoms with Crippen LogP contribution in [0.2, 0.25) is 0 Å². The van der Waals surface area contributed by atoms with Gasteiger partial charge in [-0.1, -0.05) is 37.3 Å². The maximum Gasteiger partial charge on any atom is 0.237 e. The first-order valence-corrected chi connectivity index (χ1v) is 8.20. The Hall–Kier alpha value is -1.39. The molecule has 1 heterocycles. The number of nitrogens with zero attached hydrogens (tertiary/aromatic N) is 1. The maximum absolute atomic E-state index is 12.5. The number of hydrogen-bond donors (Lipinski definition) is 2. The summed E-state index contributed by atoms with van der Waals surface area (Å²) in [5, 5.41) is 3.13. The summed E-state index contributed by atoms with van der Waals surface area (Å²) in [6, 6.07) is 10.3. The van der Waals surface area contributed by atoms with E-state index in [2.05, 4.69) is 43.1 Å². The molecule has 1 aromatic rings. The molecular formula is C18H29N3O. The Bertz CT molecular complexity index is 500. The summed E-state index contributed by atoms with van der Waals surface area (Å²) < 4.78 is 0. The van der Waals surface area contributed by atoms with E-state index in [0.29, 0.717) is 5.92 Å². The Morgan fingerprint density at radius 2 is 2.00 bits per heavy atom. The summed E-state index contributed by atoms with van der Waals surface area (Å²) in [6.07, 6.45) is 0.914. The molecule has 0 saturated carbocycles. The normalized spacial score (nSPS) is 24.2. The molecule has 22 heavy (non-hydrogen) atoms. The highest BCUT2D eigenvalue weighted by Gasteiger charge is 2.36. The van der Waals surface area contributed by atoms with Crippen LogP contribution in [0, 0.1) is 0 Å². The topological polar surface area (TPSA) is 58.4 Å². The van der Waals surface area contributed by atoms with Gasteiger partial charge >= 0.3 is 0 Å². The van der Waals surface area contributed by atoms with Crippen molar-refractivity contribution in [3.8, 4) is 0 Å². The number of nitrogens with one attached hydrogen (secondary N) is 1. The van der Waals surface area contributed by atoms with Crippen LogP contribution in [0.25, 0.3) is 0 Å². The van der Waals surface area contributed by atoms with Crippen LogP contribution in [0.5, 0.6) is 0 Å². The van der Waals surface area contributed by atoms with Crippen molar-refractivity contribution in [2.24, 2.45) is 5.73 Å². The molecule has 1 aliphatic rings. The minimum absolute atomic E-state index is 0.0804. The van der Waals surface area contributed by atoms with Gasteiger partial charge in [0, 0.05) is 30.6 Å². The zero-order valence-corrected chi connectivity index (χ0v) is 14.2. The van der Waals surface area contributed by atoms with Gasteiger partial charge in [-0.05, 0) is 32.8 Å². The first-order chi connectivity index (χ1) is 10.3. The second-order valence-electron chi connectivity index (χ2n) is 7.04. The molecular weight excluding hydrogens is 274 g/mol. The number of rotatable bonds is 5. The molecule has 1 saturated heterocycles. The first-order valence-electron chi connectivity index (χ1n) is 8.20. The molecule has 1 aromatic carbocycles. The van der Waals surface area contributed by atoms with Gasteiger partial charge in [0.15, 0.2) is 0 Å². The van der Waals surface area contributed by atoms with E-state index in [1.54, 1.807) is 0 Å². The zero-order chi connectivity index (χ0) is 16.3. The molecule has 0 bridgehead atoms. The van der Waals surface area contributed by atoms with Crippen molar-refractivity contribution in [2.45, 2.75) is 57.7 Å². The number of amides is 1. The summed E-state index contributed by atoms with van der Waals surface area (Å²) in [6.45, 7) is 9.77. The molecule has 4 heteroatoms. The number of hydrogen-bond acceptors (Lipinski definition) is 3. The molecule has 1 aliphatic heterocycles. The van der Waals surface area contributed by atoms with Crippen LogP contribution in [0.3, 0.4) is 0 Å². The Kier molecular flexibility index (Phi) is 5.24. The molecule has 0 aromatic heterocycles. The molecule has 4 nitrogen and oxygen atoms in total. The van der Waals surface area contributed by atoms with E-state index in [1.165, 1.54) is 5.56 Å². The second-order valence-corrected chi connectivity index (χ2v) is 7.04. The van der Waals surface area contributed by atoms with Crippen LogP contribution in [0.15, 0.2) is 30.3 Å². The molecule has 1 fully saturated rings. The van der Waals surface area contributed by atoms with Crippen LogP contribution in [-0.4, -0.2) is 41.5 Å². The number of nitrogens with two attached hydrogens (primary N) is 1. The highest BCUT2D eigenvalue weighted by atomic mass is 16.2. The molecule has 0 radical (unpaired) electrons. The van der Waals surface area contributed by atoms with Gasteiger partial charge < -0.3 is 11.1 Å². The predicted molar refractivity (Wildman–Crippen MR) is 90.7 cm³/mol. The van der Waals surface area contributed by atoms with Crippen LogP contribution < -0.4 is 11.1 Å². The number of likely N-dealkylation sites (tertiary alicyclic amines) is 1. The summed E-state index contributed by atoms with van der Waals surface area (Å²) in [5.74, 6) is 0.392. The lowest BCUT2D eigenvalue weighted by Crippen LogP contribution is -2.51. The van der Waals surface area contributed by atoms with Crippen LogP contribution in [0.4, 0.5) is 0 Å². The summed E-state index contributed by atoms with van der Waals surface area (Å²) in [5.41, 5.74) is 7.42. The van der Waals surface area contributed by atoms with Gasteiger partial charge in [-0.25, -0.2) is 0 Å². The lowest BCUT2D eigenvalue weighted by atomic mass is 9.95. The molecule has 0 spiro atoms. The van der Waals surface area contributed by atoms with E-state index < -0.39 is 0 Å². The largest absolute Gasteiger partial charge is 0.350 e. The fourth-order valence-electron chi connectivity index (χ4n) is 2.92. The van der Waals surface area contributed by atoms with Gasteiger partial charge in [-0.3, -0.25) is 9.69 Å². The van der Waals surface area contributed by atoms with Crippen molar-refractivity contribution < 1.29 is 4.79 Å². The predicted octanol–water partition coefficient (Wildman–Crippen LogP) is 2.11. The molecule has 2 rings (SSSR count). The van der Waals surface area contributed by atoms with Crippen molar-refractivity contribution in [2.75, 3.05) is 13.1 Å². The van der Waals surface area contributed by atoms with Gasteiger partial charge in [-0.2, -0.15) is 0 Å². The SMILES string of the molecule is CCC(C)(C)NC(=O)C(C)N1C[C@@H](N)[C@H](c2ccccc2)C1.